The van der Waals surface area contributed by atoms with Crippen LogP contribution in [0, 0.1) is 0 Å². The molecule has 1 aliphatic rings. The number of aromatic nitrogens is 5. The summed E-state index contributed by atoms with van der Waals surface area (Å²) in [5, 5.41) is 2.14. The molecule has 1 saturated heterocycles. The molecule has 0 spiro atoms. The molecule has 1 fully saturated rings. The largest absolute Gasteiger partial charge is 0.368 e. The van der Waals surface area contributed by atoms with Crippen molar-refractivity contribution in [3.8, 4) is 0 Å². The second kappa shape index (κ2) is 6.90. The van der Waals surface area contributed by atoms with Crippen LogP contribution < -0.4 is 16.4 Å². The highest BCUT2D eigenvalue weighted by molar-refractivity contribution is 7.99. The first-order chi connectivity index (χ1) is 12.5. The summed E-state index contributed by atoms with van der Waals surface area (Å²) >= 11 is 7.98. The number of nitrogens with one attached hydrogen (secondary N) is 1. The molecule has 0 aromatic carbocycles. The molecule has 4 heterocycles. The summed E-state index contributed by atoms with van der Waals surface area (Å²) in [4.78, 5) is 23.8. The van der Waals surface area contributed by atoms with Crippen molar-refractivity contribution < 1.29 is 0 Å². The third-order valence-electron chi connectivity index (χ3n) is 4.36. The Morgan fingerprint density at radius 3 is 2.77 bits per heavy atom. The molecule has 1 atom stereocenters. The molecule has 0 saturated carbocycles. The van der Waals surface area contributed by atoms with Crippen molar-refractivity contribution in [3.05, 3.63) is 23.1 Å². The minimum atomic E-state index is 0.143. The molecule has 5 N–H and O–H groups in total. The van der Waals surface area contributed by atoms with Crippen LogP contribution >= 0.6 is 23.4 Å². The maximum atomic E-state index is 6.60. The minimum absolute atomic E-state index is 0.143. The Hall–Kier alpha value is -2.10. The van der Waals surface area contributed by atoms with Crippen LogP contribution in [0.15, 0.2) is 22.4 Å². The molecule has 0 radical (unpaired) electrons. The Balaban J connectivity index is 1.80. The normalized spacial score (nSPS) is 17.3. The number of H-pyrrole nitrogens is 1. The first-order valence-electron chi connectivity index (χ1n) is 8.39. The molecular weight excluding hydrogens is 372 g/mol. The van der Waals surface area contributed by atoms with E-state index in [-0.39, 0.29) is 12.0 Å². The number of nitrogen functional groups attached to an aromatic ring is 1. The molecule has 26 heavy (non-hydrogen) atoms. The highest BCUT2D eigenvalue weighted by atomic mass is 35.5. The number of nitrogens with zero attached hydrogens (tertiary/aromatic N) is 5. The van der Waals surface area contributed by atoms with Crippen molar-refractivity contribution in [2.24, 2.45) is 5.73 Å². The van der Waals surface area contributed by atoms with E-state index < -0.39 is 0 Å². The lowest BCUT2D eigenvalue weighted by Crippen LogP contribution is -2.27. The molecule has 1 aliphatic heterocycles. The lowest BCUT2D eigenvalue weighted by atomic mass is 10.3. The molecule has 3 aromatic heterocycles. The van der Waals surface area contributed by atoms with Crippen molar-refractivity contribution in [3.63, 3.8) is 0 Å². The topological polar surface area (TPSA) is 123 Å². The van der Waals surface area contributed by atoms with Gasteiger partial charge in [0.25, 0.3) is 0 Å². The summed E-state index contributed by atoms with van der Waals surface area (Å²) < 4.78 is 0. The van der Waals surface area contributed by atoms with E-state index in [0.717, 1.165) is 53.4 Å². The number of aryl methyl sites for hydroxylation is 1. The third-order valence-corrected chi connectivity index (χ3v) is 5.59. The average Bonchev–Trinajstić information content (AvgIpc) is 3.20. The fraction of sp³-hybridized carbons (Fsp3) is 0.375. The van der Waals surface area contributed by atoms with E-state index in [4.69, 9.17) is 28.1 Å². The van der Waals surface area contributed by atoms with Gasteiger partial charge in [-0.3, -0.25) is 0 Å². The van der Waals surface area contributed by atoms with Crippen LogP contribution in [0.2, 0.25) is 5.02 Å². The van der Waals surface area contributed by atoms with Crippen LogP contribution in [0.3, 0.4) is 0 Å². The number of fused-ring (bicyclic) bond motifs is 1. The first-order valence-corrected chi connectivity index (χ1v) is 9.58. The lowest BCUT2D eigenvalue weighted by Gasteiger charge is -2.18. The zero-order valence-corrected chi connectivity index (χ0v) is 15.8. The van der Waals surface area contributed by atoms with E-state index >= 15 is 0 Å². The fourth-order valence-electron chi connectivity index (χ4n) is 3.05. The van der Waals surface area contributed by atoms with Gasteiger partial charge in [0.05, 0.1) is 15.3 Å². The van der Waals surface area contributed by atoms with Crippen molar-refractivity contribution in [2.45, 2.75) is 35.9 Å². The molecule has 8 nitrogen and oxygen atoms in total. The molecular formula is C16H19ClN8S. The van der Waals surface area contributed by atoms with Crippen molar-refractivity contribution in [1.82, 2.24) is 24.9 Å². The molecule has 0 bridgehead atoms. The summed E-state index contributed by atoms with van der Waals surface area (Å²) in [5.41, 5.74) is 13.3. The van der Waals surface area contributed by atoms with Gasteiger partial charge in [-0.15, -0.1) is 0 Å². The van der Waals surface area contributed by atoms with Gasteiger partial charge in [0, 0.05) is 37.2 Å². The average molecular weight is 391 g/mol. The van der Waals surface area contributed by atoms with Crippen LogP contribution in [0.5, 0.6) is 0 Å². The second-order valence-electron chi connectivity index (χ2n) is 6.20. The van der Waals surface area contributed by atoms with Crippen LogP contribution in [-0.4, -0.2) is 44.1 Å². The number of nitrogens with two attached hydrogens (primary N) is 2. The molecule has 10 heteroatoms. The van der Waals surface area contributed by atoms with Gasteiger partial charge in [-0.25, -0.2) is 19.9 Å². The maximum absolute atomic E-state index is 6.60. The smallest absolute Gasteiger partial charge is 0.219 e. The van der Waals surface area contributed by atoms with Crippen LogP contribution in [0.25, 0.3) is 11.0 Å². The van der Waals surface area contributed by atoms with Crippen molar-refractivity contribution in [2.75, 3.05) is 23.7 Å². The first kappa shape index (κ1) is 17.3. The monoisotopic (exact) mass is 390 g/mol. The highest BCUT2D eigenvalue weighted by Crippen LogP contribution is 2.37. The summed E-state index contributed by atoms with van der Waals surface area (Å²) in [6.07, 6.45) is 5.04. The summed E-state index contributed by atoms with van der Waals surface area (Å²) in [5.74, 6) is 1.06. The third kappa shape index (κ3) is 3.17. The number of hydrogen-bond acceptors (Lipinski definition) is 8. The van der Waals surface area contributed by atoms with Gasteiger partial charge in [-0.1, -0.05) is 18.5 Å². The molecule has 0 amide bonds. The number of rotatable bonds is 4. The summed E-state index contributed by atoms with van der Waals surface area (Å²) in [6.45, 7) is 3.66. The van der Waals surface area contributed by atoms with E-state index in [0.29, 0.717) is 10.2 Å². The minimum Gasteiger partial charge on any atom is -0.368 e. The standard InChI is InChI=1S/C16H19ClN8S/c1-2-10-12(17)11-13(22-10)23-16(26-9-5-20-15(19)21-6-9)24-14(11)25-4-3-8(18)7-25/h5-6,8H,2-4,7,18H2,1H3,(H2,19,20,21)(H,22,23,24). The zero-order chi connectivity index (χ0) is 18.3. The van der Waals surface area contributed by atoms with Gasteiger partial charge in [0.2, 0.25) is 5.95 Å². The van der Waals surface area contributed by atoms with Gasteiger partial charge in [-0.05, 0) is 24.6 Å². The van der Waals surface area contributed by atoms with Gasteiger partial charge in [-0.2, -0.15) is 0 Å². The Bertz CT molecular complexity index is 942. The van der Waals surface area contributed by atoms with Gasteiger partial charge < -0.3 is 21.4 Å². The predicted molar refractivity (Wildman–Crippen MR) is 104 cm³/mol. The highest BCUT2D eigenvalue weighted by Gasteiger charge is 2.26. The number of aromatic amines is 1. The van der Waals surface area contributed by atoms with E-state index in [9.17, 15) is 0 Å². The van der Waals surface area contributed by atoms with E-state index in [1.165, 1.54) is 11.8 Å². The summed E-state index contributed by atoms with van der Waals surface area (Å²) in [6, 6.07) is 0.143. The van der Waals surface area contributed by atoms with E-state index in [1.54, 1.807) is 12.4 Å². The zero-order valence-electron chi connectivity index (χ0n) is 14.2. The Kier molecular flexibility index (Phi) is 4.60. The fourth-order valence-corrected chi connectivity index (χ4v) is 4.10. The SMILES string of the molecule is CCc1[nH]c2nc(Sc3cnc(N)nc3)nc(N3CCC(N)C3)c2c1Cl. The van der Waals surface area contributed by atoms with Gasteiger partial charge in [0.1, 0.15) is 11.5 Å². The molecule has 0 aliphatic carbocycles. The molecule has 1 unspecified atom stereocenters. The maximum Gasteiger partial charge on any atom is 0.219 e. The number of anilines is 2. The molecule has 4 rings (SSSR count). The molecule has 3 aromatic rings. The van der Waals surface area contributed by atoms with Gasteiger partial charge >= 0.3 is 0 Å². The predicted octanol–water partition coefficient (Wildman–Crippen LogP) is 2.23. The van der Waals surface area contributed by atoms with Crippen molar-refractivity contribution >= 4 is 46.2 Å². The van der Waals surface area contributed by atoms with Gasteiger partial charge in [0.15, 0.2) is 5.16 Å². The Morgan fingerprint density at radius 2 is 2.12 bits per heavy atom. The quantitative estimate of drug-likeness (QED) is 0.579. The van der Waals surface area contributed by atoms with Crippen LogP contribution in [-0.2, 0) is 6.42 Å². The lowest BCUT2D eigenvalue weighted by molar-refractivity contribution is 0.751. The van der Waals surface area contributed by atoms with Crippen molar-refractivity contribution in [1.29, 1.82) is 0 Å². The number of hydrogen-bond donors (Lipinski definition) is 3. The Labute approximate surface area is 159 Å². The number of halogens is 1. The van der Waals surface area contributed by atoms with Crippen LogP contribution in [0.4, 0.5) is 11.8 Å². The summed E-state index contributed by atoms with van der Waals surface area (Å²) in [7, 11) is 0. The molecule has 136 valence electrons. The van der Waals surface area contributed by atoms with E-state index in [1.807, 2.05) is 0 Å². The Morgan fingerprint density at radius 1 is 1.35 bits per heavy atom. The van der Waals surface area contributed by atoms with Crippen LogP contribution in [0.1, 0.15) is 19.0 Å². The second-order valence-corrected chi connectivity index (χ2v) is 7.62. The van der Waals surface area contributed by atoms with E-state index in [2.05, 4.69) is 31.8 Å².